The molecule has 2 aromatic rings. The Hall–Kier alpha value is -2.06. The van der Waals surface area contributed by atoms with Gasteiger partial charge in [0.2, 0.25) is 0 Å². The molecule has 0 N–H and O–H groups in total. The molecule has 4 heterocycles. The number of hydrogen-bond acceptors (Lipinski definition) is 6. The number of amides is 2. The number of hydrogen-bond donors (Lipinski definition) is 0. The lowest BCUT2D eigenvalue weighted by Crippen LogP contribution is -2.52. The van der Waals surface area contributed by atoms with Crippen molar-refractivity contribution in [2.45, 2.75) is 51.6 Å². The Kier molecular flexibility index (Phi) is 4.78. The Labute approximate surface area is 174 Å². The van der Waals surface area contributed by atoms with Crippen molar-refractivity contribution in [1.82, 2.24) is 19.8 Å². The molecule has 1 aliphatic carbocycles. The molecule has 2 saturated heterocycles. The van der Waals surface area contributed by atoms with Gasteiger partial charge in [0.05, 0.1) is 10.6 Å². The quantitative estimate of drug-likeness (QED) is 0.772. The van der Waals surface area contributed by atoms with Crippen LogP contribution in [0.25, 0.3) is 10.2 Å². The summed E-state index contributed by atoms with van der Waals surface area (Å²) in [6, 6.07) is 0. The summed E-state index contributed by atoms with van der Waals surface area (Å²) in [6.07, 6.45) is 3.79. The number of thiophene rings is 1. The molecular formula is C21H26N4O3S. The highest BCUT2D eigenvalue weighted by atomic mass is 32.1. The van der Waals surface area contributed by atoms with Crippen LogP contribution in [0.5, 0.6) is 0 Å². The van der Waals surface area contributed by atoms with Crippen LogP contribution in [0.1, 0.15) is 58.4 Å². The van der Waals surface area contributed by atoms with Crippen molar-refractivity contribution in [3.63, 3.8) is 0 Å². The first-order valence-corrected chi connectivity index (χ1v) is 11.3. The van der Waals surface area contributed by atoms with Crippen molar-refractivity contribution in [1.29, 1.82) is 0 Å². The summed E-state index contributed by atoms with van der Waals surface area (Å²) in [5.74, 6) is 1.54. The van der Waals surface area contributed by atoms with Crippen LogP contribution in [0.4, 0.5) is 0 Å². The average molecular weight is 415 g/mol. The van der Waals surface area contributed by atoms with Crippen molar-refractivity contribution in [3.05, 3.63) is 22.0 Å². The van der Waals surface area contributed by atoms with Crippen molar-refractivity contribution >= 4 is 33.4 Å². The first kappa shape index (κ1) is 18.9. The molecule has 3 aliphatic rings. The number of fused-ring (bicyclic) bond motifs is 1. The molecule has 154 valence electrons. The smallest absolute Gasteiger partial charge is 0.264 e. The highest BCUT2D eigenvalue weighted by molar-refractivity contribution is 7.20. The molecule has 3 fully saturated rings. The number of aryl methyl sites for hydroxylation is 2. The van der Waals surface area contributed by atoms with Crippen LogP contribution in [-0.2, 0) is 9.53 Å². The number of aromatic nitrogens is 2. The predicted molar refractivity (Wildman–Crippen MR) is 110 cm³/mol. The van der Waals surface area contributed by atoms with Gasteiger partial charge < -0.3 is 14.5 Å². The van der Waals surface area contributed by atoms with Crippen LogP contribution in [-0.4, -0.2) is 70.5 Å². The van der Waals surface area contributed by atoms with Crippen molar-refractivity contribution in [2.75, 3.05) is 32.8 Å². The van der Waals surface area contributed by atoms with E-state index in [0.717, 1.165) is 57.9 Å². The van der Waals surface area contributed by atoms with E-state index >= 15 is 0 Å². The van der Waals surface area contributed by atoms with E-state index in [1.54, 1.807) is 0 Å². The van der Waals surface area contributed by atoms with Gasteiger partial charge in [0.25, 0.3) is 11.8 Å². The van der Waals surface area contributed by atoms with Gasteiger partial charge in [0.15, 0.2) is 0 Å². The number of nitrogens with zero attached hydrogens (tertiary/aromatic N) is 4. The van der Waals surface area contributed by atoms with Crippen LogP contribution in [0.3, 0.4) is 0 Å². The van der Waals surface area contributed by atoms with E-state index < -0.39 is 0 Å². The Balaban J connectivity index is 1.32. The molecule has 5 rings (SSSR count). The molecule has 29 heavy (non-hydrogen) atoms. The van der Waals surface area contributed by atoms with Gasteiger partial charge in [-0.1, -0.05) is 0 Å². The van der Waals surface area contributed by atoms with Gasteiger partial charge in [0, 0.05) is 44.1 Å². The van der Waals surface area contributed by atoms with E-state index in [0.29, 0.717) is 38.7 Å². The fourth-order valence-electron chi connectivity index (χ4n) is 4.34. The van der Waals surface area contributed by atoms with Gasteiger partial charge in [-0.05, 0) is 45.1 Å². The third-order valence-electron chi connectivity index (χ3n) is 6.21. The largest absolute Gasteiger partial charge is 0.368 e. The van der Waals surface area contributed by atoms with Crippen molar-refractivity contribution < 1.29 is 14.3 Å². The second-order valence-corrected chi connectivity index (χ2v) is 9.30. The first-order valence-electron chi connectivity index (χ1n) is 10.5. The monoisotopic (exact) mass is 414 g/mol. The molecule has 1 unspecified atom stereocenters. The summed E-state index contributed by atoms with van der Waals surface area (Å²) < 4.78 is 5.52. The normalized spacial score (nSPS) is 22.5. The van der Waals surface area contributed by atoms with Crippen LogP contribution in [0.15, 0.2) is 0 Å². The molecular weight excluding hydrogens is 388 g/mol. The topological polar surface area (TPSA) is 75.6 Å². The van der Waals surface area contributed by atoms with E-state index in [4.69, 9.17) is 14.7 Å². The van der Waals surface area contributed by atoms with E-state index in [2.05, 4.69) is 0 Å². The highest BCUT2D eigenvalue weighted by Crippen LogP contribution is 2.40. The lowest BCUT2D eigenvalue weighted by atomic mass is 10.1. The molecule has 2 amide bonds. The lowest BCUT2D eigenvalue weighted by molar-refractivity contribution is -0.142. The Morgan fingerprint density at radius 1 is 1.03 bits per heavy atom. The van der Waals surface area contributed by atoms with Gasteiger partial charge in [-0.2, -0.15) is 0 Å². The van der Waals surface area contributed by atoms with E-state index in [-0.39, 0.29) is 17.9 Å². The zero-order chi connectivity index (χ0) is 20.1. The molecule has 0 aromatic carbocycles. The maximum Gasteiger partial charge on any atom is 0.264 e. The number of carbonyl (C=O) groups is 2. The van der Waals surface area contributed by atoms with Gasteiger partial charge >= 0.3 is 0 Å². The molecule has 0 bridgehead atoms. The summed E-state index contributed by atoms with van der Waals surface area (Å²) in [6.45, 7) is 6.94. The summed E-state index contributed by atoms with van der Waals surface area (Å²) in [5, 5.41) is 1.02. The van der Waals surface area contributed by atoms with Gasteiger partial charge in [-0.3, -0.25) is 9.59 Å². The van der Waals surface area contributed by atoms with Crippen LogP contribution < -0.4 is 0 Å². The third kappa shape index (κ3) is 3.42. The van der Waals surface area contributed by atoms with Crippen molar-refractivity contribution in [2.24, 2.45) is 0 Å². The van der Waals surface area contributed by atoms with Crippen molar-refractivity contribution in [3.8, 4) is 0 Å². The molecule has 8 heteroatoms. The molecule has 0 spiro atoms. The van der Waals surface area contributed by atoms with Gasteiger partial charge in [0.1, 0.15) is 16.8 Å². The zero-order valence-electron chi connectivity index (χ0n) is 16.9. The van der Waals surface area contributed by atoms with Crippen LogP contribution in [0.2, 0.25) is 0 Å². The van der Waals surface area contributed by atoms with Gasteiger partial charge in [-0.15, -0.1) is 11.3 Å². The van der Waals surface area contributed by atoms with Crippen LogP contribution >= 0.6 is 11.3 Å². The zero-order valence-corrected chi connectivity index (χ0v) is 17.8. The standard InChI is InChI=1S/C21H26N4O3S/c1-12-16-13(2)22-18(14-5-6-14)23-19(16)29-17(12)21(27)25-9-7-24(8-10-25)20(26)15-4-3-11-28-15/h14-15H,3-11H2,1-2H3. The number of rotatable bonds is 3. The fraction of sp³-hybridized carbons (Fsp3) is 0.619. The summed E-state index contributed by atoms with van der Waals surface area (Å²) in [5.41, 5.74) is 1.95. The molecule has 1 atom stereocenters. The Bertz CT molecular complexity index is 970. The third-order valence-corrected chi connectivity index (χ3v) is 7.38. The molecule has 2 aromatic heterocycles. The minimum atomic E-state index is -0.288. The second-order valence-electron chi connectivity index (χ2n) is 8.30. The predicted octanol–water partition coefficient (Wildman–Crippen LogP) is 2.65. The summed E-state index contributed by atoms with van der Waals surface area (Å²) >= 11 is 1.48. The molecule has 2 aliphatic heterocycles. The average Bonchev–Trinajstić information content (AvgIpc) is 3.33. The number of piperazine rings is 1. The summed E-state index contributed by atoms with van der Waals surface area (Å²) in [4.78, 5) is 40.6. The maximum absolute atomic E-state index is 13.2. The fourth-order valence-corrected chi connectivity index (χ4v) is 5.54. The number of carbonyl (C=O) groups excluding carboxylic acids is 2. The first-order chi connectivity index (χ1) is 14.0. The Morgan fingerprint density at radius 2 is 1.76 bits per heavy atom. The minimum Gasteiger partial charge on any atom is -0.368 e. The second kappa shape index (κ2) is 7.32. The Morgan fingerprint density at radius 3 is 2.41 bits per heavy atom. The molecule has 1 saturated carbocycles. The van der Waals surface area contributed by atoms with E-state index in [1.807, 2.05) is 23.6 Å². The number of ether oxygens (including phenoxy) is 1. The van der Waals surface area contributed by atoms with E-state index in [9.17, 15) is 9.59 Å². The molecule has 0 radical (unpaired) electrons. The van der Waals surface area contributed by atoms with E-state index in [1.165, 1.54) is 11.3 Å². The maximum atomic E-state index is 13.2. The summed E-state index contributed by atoms with van der Waals surface area (Å²) in [7, 11) is 0. The molecule has 7 nitrogen and oxygen atoms in total. The highest BCUT2D eigenvalue weighted by Gasteiger charge is 2.33. The minimum absolute atomic E-state index is 0.0436. The van der Waals surface area contributed by atoms with Crippen LogP contribution in [0, 0.1) is 13.8 Å². The van der Waals surface area contributed by atoms with Gasteiger partial charge in [-0.25, -0.2) is 9.97 Å². The lowest BCUT2D eigenvalue weighted by Gasteiger charge is -2.35. The SMILES string of the molecule is Cc1nc(C2CC2)nc2sc(C(=O)N3CCN(C(=O)C4CCCO4)CC3)c(C)c12.